The van der Waals surface area contributed by atoms with Gasteiger partial charge in [-0.1, -0.05) is 24.6 Å². The Kier molecular flexibility index (Phi) is 5.36. The summed E-state index contributed by atoms with van der Waals surface area (Å²) in [5, 5.41) is 11.9. The molecule has 0 aliphatic rings. The van der Waals surface area contributed by atoms with E-state index in [1.807, 2.05) is 18.2 Å². The number of rotatable bonds is 6. The lowest BCUT2D eigenvalue weighted by Gasteiger charge is -2.01. The van der Waals surface area contributed by atoms with E-state index in [0.717, 1.165) is 36.0 Å². The molecule has 0 atom stereocenters. The molecule has 0 bridgehead atoms. The second kappa shape index (κ2) is 7.03. The van der Waals surface area contributed by atoms with Crippen molar-refractivity contribution in [2.75, 3.05) is 13.1 Å². The predicted molar refractivity (Wildman–Crippen MR) is 79.3 cm³/mol. The van der Waals surface area contributed by atoms with Crippen LogP contribution in [0.5, 0.6) is 0 Å². The Morgan fingerprint density at radius 2 is 2.16 bits per heavy atom. The van der Waals surface area contributed by atoms with Crippen LogP contribution >= 0.6 is 27.5 Å². The van der Waals surface area contributed by atoms with Crippen molar-refractivity contribution < 1.29 is 4.42 Å². The van der Waals surface area contributed by atoms with Crippen molar-refractivity contribution in [3.8, 4) is 11.5 Å². The second-order valence-corrected chi connectivity index (χ2v) is 5.33. The molecule has 0 saturated carbocycles. The standard InChI is InChI=1S/C13H15BrClN3O/c1-2-7-16-8-6-11-17-18-13(19-11)9-4-3-5-10(14)12(9)15/h3-5,16H,2,6-8H2,1H3. The Morgan fingerprint density at radius 3 is 2.95 bits per heavy atom. The molecule has 6 heteroatoms. The molecule has 1 heterocycles. The zero-order chi connectivity index (χ0) is 13.7. The van der Waals surface area contributed by atoms with Gasteiger partial charge < -0.3 is 9.73 Å². The molecule has 0 aliphatic carbocycles. The molecule has 102 valence electrons. The minimum Gasteiger partial charge on any atom is -0.421 e. The number of benzene rings is 1. The van der Waals surface area contributed by atoms with Gasteiger partial charge in [0, 0.05) is 17.4 Å². The molecular weight excluding hydrogens is 330 g/mol. The molecule has 0 unspecified atom stereocenters. The summed E-state index contributed by atoms with van der Waals surface area (Å²) >= 11 is 9.57. The number of hydrogen-bond donors (Lipinski definition) is 1. The minimum atomic E-state index is 0.455. The SMILES string of the molecule is CCCNCCc1nnc(-c2cccc(Br)c2Cl)o1. The zero-order valence-electron chi connectivity index (χ0n) is 10.6. The summed E-state index contributed by atoms with van der Waals surface area (Å²) in [4.78, 5) is 0. The lowest BCUT2D eigenvalue weighted by molar-refractivity contribution is 0.494. The van der Waals surface area contributed by atoms with Gasteiger partial charge in [0.1, 0.15) is 0 Å². The molecule has 0 amide bonds. The van der Waals surface area contributed by atoms with Gasteiger partial charge >= 0.3 is 0 Å². The van der Waals surface area contributed by atoms with Gasteiger partial charge in [-0.3, -0.25) is 0 Å². The van der Waals surface area contributed by atoms with E-state index in [2.05, 4.69) is 38.4 Å². The Bertz CT molecular complexity index is 544. The smallest absolute Gasteiger partial charge is 0.249 e. The van der Waals surface area contributed by atoms with Crippen LogP contribution in [0.1, 0.15) is 19.2 Å². The summed E-state index contributed by atoms with van der Waals surface area (Å²) in [5.41, 5.74) is 0.747. The molecule has 0 aliphatic heterocycles. The molecule has 0 radical (unpaired) electrons. The number of halogens is 2. The first-order chi connectivity index (χ1) is 9.22. The molecule has 1 N–H and O–H groups in total. The maximum atomic E-state index is 6.20. The minimum absolute atomic E-state index is 0.455. The molecule has 1 aromatic carbocycles. The van der Waals surface area contributed by atoms with Crippen LogP contribution < -0.4 is 5.32 Å². The zero-order valence-corrected chi connectivity index (χ0v) is 13.0. The van der Waals surface area contributed by atoms with Crippen LogP contribution in [-0.2, 0) is 6.42 Å². The Morgan fingerprint density at radius 1 is 1.32 bits per heavy atom. The van der Waals surface area contributed by atoms with Gasteiger partial charge in [-0.15, -0.1) is 10.2 Å². The fourth-order valence-electron chi connectivity index (χ4n) is 1.63. The van der Waals surface area contributed by atoms with Crippen molar-refractivity contribution in [2.24, 2.45) is 0 Å². The van der Waals surface area contributed by atoms with Gasteiger partial charge in [-0.05, 0) is 41.0 Å². The average molecular weight is 345 g/mol. The van der Waals surface area contributed by atoms with Crippen molar-refractivity contribution in [2.45, 2.75) is 19.8 Å². The van der Waals surface area contributed by atoms with E-state index in [9.17, 15) is 0 Å². The van der Waals surface area contributed by atoms with Crippen molar-refractivity contribution in [1.29, 1.82) is 0 Å². The topological polar surface area (TPSA) is 51.0 Å². The van der Waals surface area contributed by atoms with Gasteiger partial charge in [0.25, 0.3) is 0 Å². The molecule has 19 heavy (non-hydrogen) atoms. The van der Waals surface area contributed by atoms with Crippen LogP contribution in [0.2, 0.25) is 5.02 Å². The Hall–Kier alpha value is -0.910. The van der Waals surface area contributed by atoms with Gasteiger partial charge in [-0.2, -0.15) is 0 Å². The van der Waals surface area contributed by atoms with E-state index in [0.29, 0.717) is 16.8 Å². The van der Waals surface area contributed by atoms with Crippen molar-refractivity contribution in [1.82, 2.24) is 15.5 Å². The van der Waals surface area contributed by atoms with Gasteiger partial charge in [0.05, 0.1) is 10.6 Å². The predicted octanol–water partition coefficient (Wildman–Crippen LogP) is 3.69. The molecule has 2 rings (SSSR count). The Labute approximate surface area is 125 Å². The lowest BCUT2D eigenvalue weighted by atomic mass is 10.2. The summed E-state index contributed by atoms with van der Waals surface area (Å²) in [6.45, 7) is 3.97. The fourth-order valence-corrected chi connectivity index (χ4v) is 2.20. The summed E-state index contributed by atoms with van der Waals surface area (Å²) < 4.78 is 6.43. The van der Waals surface area contributed by atoms with Crippen LogP contribution in [-0.4, -0.2) is 23.3 Å². The summed E-state index contributed by atoms with van der Waals surface area (Å²) in [6, 6.07) is 5.62. The van der Waals surface area contributed by atoms with Crippen LogP contribution in [0, 0.1) is 0 Å². The van der Waals surface area contributed by atoms with E-state index >= 15 is 0 Å². The van der Waals surface area contributed by atoms with Gasteiger partial charge in [0.2, 0.25) is 11.8 Å². The molecule has 0 spiro atoms. The molecule has 1 aromatic heterocycles. The molecular formula is C13H15BrClN3O. The highest BCUT2D eigenvalue weighted by Gasteiger charge is 2.13. The largest absolute Gasteiger partial charge is 0.421 e. The Balaban J connectivity index is 2.06. The highest BCUT2D eigenvalue weighted by Crippen LogP contribution is 2.32. The molecule has 0 fully saturated rings. The average Bonchev–Trinajstić information content (AvgIpc) is 2.87. The highest BCUT2D eigenvalue weighted by molar-refractivity contribution is 9.10. The number of hydrogen-bond acceptors (Lipinski definition) is 4. The summed E-state index contributed by atoms with van der Waals surface area (Å²) in [5.74, 6) is 1.08. The van der Waals surface area contributed by atoms with Crippen LogP contribution in [0.3, 0.4) is 0 Å². The van der Waals surface area contributed by atoms with Gasteiger partial charge in [-0.25, -0.2) is 0 Å². The third kappa shape index (κ3) is 3.78. The van der Waals surface area contributed by atoms with Crippen LogP contribution in [0.25, 0.3) is 11.5 Å². The molecule has 4 nitrogen and oxygen atoms in total. The van der Waals surface area contributed by atoms with Gasteiger partial charge in [0.15, 0.2) is 0 Å². The first-order valence-electron chi connectivity index (χ1n) is 6.20. The van der Waals surface area contributed by atoms with Crippen molar-refractivity contribution in [3.05, 3.63) is 33.6 Å². The van der Waals surface area contributed by atoms with E-state index in [4.69, 9.17) is 16.0 Å². The molecule has 0 saturated heterocycles. The third-order valence-electron chi connectivity index (χ3n) is 2.59. The number of nitrogens with zero attached hydrogens (tertiary/aromatic N) is 2. The lowest BCUT2D eigenvalue weighted by Crippen LogP contribution is -2.17. The fraction of sp³-hybridized carbons (Fsp3) is 0.385. The summed E-state index contributed by atoms with van der Waals surface area (Å²) in [6.07, 6.45) is 1.83. The van der Waals surface area contributed by atoms with Crippen LogP contribution in [0.4, 0.5) is 0 Å². The van der Waals surface area contributed by atoms with Crippen molar-refractivity contribution >= 4 is 27.5 Å². The van der Waals surface area contributed by atoms with Crippen molar-refractivity contribution in [3.63, 3.8) is 0 Å². The number of aromatic nitrogens is 2. The third-order valence-corrected chi connectivity index (χ3v) is 3.89. The van der Waals surface area contributed by atoms with E-state index < -0.39 is 0 Å². The second-order valence-electron chi connectivity index (χ2n) is 4.10. The monoisotopic (exact) mass is 343 g/mol. The first kappa shape index (κ1) is 14.5. The first-order valence-corrected chi connectivity index (χ1v) is 7.37. The quantitative estimate of drug-likeness (QED) is 0.812. The van der Waals surface area contributed by atoms with E-state index in [-0.39, 0.29) is 0 Å². The number of nitrogens with one attached hydrogen (secondary N) is 1. The normalized spacial score (nSPS) is 10.9. The van der Waals surface area contributed by atoms with E-state index in [1.54, 1.807) is 0 Å². The van der Waals surface area contributed by atoms with Crippen LogP contribution in [0.15, 0.2) is 27.1 Å². The molecule has 2 aromatic rings. The maximum Gasteiger partial charge on any atom is 0.249 e. The summed E-state index contributed by atoms with van der Waals surface area (Å²) in [7, 11) is 0. The maximum absolute atomic E-state index is 6.20. The van der Waals surface area contributed by atoms with E-state index in [1.165, 1.54) is 0 Å². The highest BCUT2D eigenvalue weighted by atomic mass is 79.9.